The summed E-state index contributed by atoms with van der Waals surface area (Å²) < 4.78 is 5.43. The van der Waals surface area contributed by atoms with Gasteiger partial charge in [0.05, 0.1) is 12.0 Å². The number of H-pyrrole nitrogens is 1. The molecule has 5 rings (SSSR count). The Morgan fingerprint density at radius 3 is 2.86 bits per heavy atom. The molecule has 2 bridgehead atoms. The Bertz CT molecular complexity index is 899. The van der Waals surface area contributed by atoms with Gasteiger partial charge in [-0.3, -0.25) is 14.5 Å². The van der Waals surface area contributed by atoms with Crippen LogP contribution >= 0.6 is 0 Å². The van der Waals surface area contributed by atoms with Crippen LogP contribution < -0.4 is 15.4 Å². The van der Waals surface area contributed by atoms with E-state index < -0.39 is 0 Å². The summed E-state index contributed by atoms with van der Waals surface area (Å²) in [5, 5.41) is 5.98. The molecule has 8 nitrogen and oxygen atoms in total. The van der Waals surface area contributed by atoms with Crippen LogP contribution in [-0.4, -0.2) is 51.4 Å². The Hall–Kier alpha value is -2.87. The number of carbonyl (C=O) groups is 2. The van der Waals surface area contributed by atoms with Crippen LogP contribution in [0.4, 0.5) is 5.69 Å². The number of anilines is 1. The minimum absolute atomic E-state index is 0.0176. The highest BCUT2D eigenvalue weighted by Crippen LogP contribution is 2.35. The van der Waals surface area contributed by atoms with Crippen LogP contribution in [0.25, 0.3) is 0 Å². The number of aromatic amines is 1. The van der Waals surface area contributed by atoms with Crippen molar-refractivity contribution < 1.29 is 14.3 Å². The zero-order chi connectivity index (χ0) is 19.8. The standard InChI is InChI=1S/C21H25N5O3/c27-20-11-29-19-6-13(4-5-18(19)25-20)21(28)24-14-7-16-2-1-3-17(8-14)26(16)10-15-9-22-12-23-15/h4-6,9,12,14,16-17H,1-3,7-8,10-11H2,(H,22,23)(H,24,28)(H,25,27)/t14?,16-,17+. The number of nitrogens with zero attached hydrogens (tertiary/aromatic N) is 2. The quantitative estimate of drug-likeness (QED) is 0.736. The number of rotatable bonds is 4. The summed E-state index contributed by atoms with van der Waals surface area (Å²) in [6.45, 7) is 0.875. The van der Waals surface area contributed by atoms with Crippen molar-refractivity contribution >= 4 is 17.5 Å². The Labute approximate surface area is 169 Å². The second-order valence-electron chi connectivity index (χ2n) is 8.18. The maximum absolute atomic E-state index is 12.8. The fourth-order valence-corrected chi connectivity index (χ4v) is 4.91. The monoisotopic (exact) mass is 395 g/mol. The second kappa shape index (κ2) is 7.51. The fourth-order valence-electron chi connectivity index (χ4n) is 4.91. The number of ether oxygens (including phenoxy) is 1. The number of amides is 2. The van der Waals surface area contributed by atoms with E-state index in [1.54, 1.807) is 24.5 Å². The van der Waals surface area contributed by atoms with Crippen LogP contribution in [0.1, 0.15) is 48.2 Å². The number of piperidine rings is 2. The number of benzene rings is 1. The molecule has 152 valence electrons. The maximum atomic E-state index is 12.8. The molecule has 8 heteroatoms. The first-order valence-corrected chi connectivity index (χ1v) is 10.3. The van der Waals surface area contributed by atoms with E-state index >= 15 is 0 Å². The summed E-state index contributed by atoms with van der Waals surface area (Å²) in [6.07, 6.45) is 9.15. The third kappa shape index (κ3) is 3.72. The van der Waals surface area contributed by atoms with E-state index in [9.17, 15) is 9.59 Å². The van der Waals surface area contributed by atoms with E-state index in [1.165, 1.54) is 19.3 Å². The van der Waals surface area contributed by atoms with Crippen LogP contribution in [-0.2, 0) is 11.3 Å². The van der Waals surface area contributed by atoms with Crippen molar-refractivity contribution in [3.05, 3.63) is 42.0 Å². The molecule has 1 unspecified atom stereocenters. The number of nitrogens with one attached hydrogen (secondary N) is 3. The van der Waals surface area contributed by atoms with Gasteiger partial charge in [0.1, 0.15) is 5.75 Å². The Morgan fingerprint density at radius 1 is 1.28 bits per heavy atom. The first-order chi connectivity index (χ1) is 14.2. The van der Waals surface area contributed by atoms with Gasteiger partial charge < -0.3 is 20.4 Å². The minimum Gasteiger partial charge on any atom is -0.482 e. The first kappa shape index (κ1) is 18.2. The van der Waals surface area contributed by atoms with E-state index in [0.717, 1.165) is 25.1 Å². The molecular weight excluding hydrogens is 370 g/mol. The van der Waals surface area contributed by atoms with Crippen LogP contribution in [0.15, 0.2) is 30.7 Å². The molecule has 4 heterocycles. The second-order valence-corrected chi connectivity index (χ2v) is 8.18. The van der Waals surface area contributed by atoms with Crippen molar-refractivity contribution in [3.63, 3.8) is 0 Å². The zero-order valence-corrected chi connectivity index (χ0v) is 16.2. The predicted octanol–water partition coefficient (Wildman–Crippen LogP) is 2.06. The van der Waals surface area contributed by atoms with Gasteiger partial charge in [0.15, 0.2) is 6.61 Å². The van der Waals surface area contributed by atoms with Crippen molar-refractivity contribution in [3.8, 4) is 5.75 Å². The van der Waals surface area contributed by atoms with Gasteiger partial charge >= 0.3 is 0 Å². The van der Waals surface area contributed by atoms with Gasteiger partial charge in [0, 0.05) is 42.1 Å². The third-order valence-electron chi connectivity index (χ3n) is 6.25. The highest BCUT2D eigenvalue weighted by molar-refractivity contribution is 5.99. The first-order valence-electron chi connectivity index (χ1n) is 10.3. The predicted molar refractivity (Wildman–Crippen MR) is 107 cm³/mol. The molecule has 3 N–H and O–H groups in total. The van der Waals surface area contributed by atoms with Crippen LogP contribution in [0.5, 0.6) is 5.75 Å². The molecule has 1 aromatic carbocycles. The molecule has 3 atom stereocenters. The van der Waals surface area contributed by atoms with Crippen molar-refractivity contribution in [2.75, 3.05) is 11.9 Å². The molecule has 0 radical (unpaired) electrons. The Morgan fingerprint density at radius 2 is 2.10 bits per heavy atom. The maximum Gasteiger partial charge on any atom is 0.262 e. The SMILES string of the molecule is O=C1COc2cc(C(=O)NC3C[C@H]4CCC[C@@H](C3)N4Cc3cnc[nH]3)ccc2N1. The summed E-state index contributed by atoms with van der Waals surface area (Å²) in [6, 6.07) is 6.31. The normalized spacial score (nSPS) is 26.2. The lowest BCUT2D eigenvalue weighted by Crippen LogP contribution is -2.56. The molecule has 2 amide bonds. The topological polar surface area (TPSA) is 99.3 Å². The lowest BCUT2D eigenvalue weighted by molar-refractivity contribution is -0.118. The van der Waals surface area contributed by atoms with Crippen LogP contribution in [0.3, 0.4) is 0 Å². The van der Waals surface area contributed by atoms with E-state index in [-0.39, 0.29) is 24.5 Å². The minimum atomic E-state index is -0.178. The third-order valence-corrected chi connectivity index (χ3v) is 6.25. The van der Waals surface area contributed by atoms with Gasteiger partial charge in [0.2, 0.25) is 0 Å². The molecule has 2 saturated heterocycles. The number of carbonyl (C=O) groups excluding carboxylic acids is 2. The van der Waals surface area contributed by atoms with Crippen molar-refractivity contribution in [1.82, 2.24) is 20.2 Å². The molecule has 3 aliphatic rings. The summed E-state index contributed by atoms with van der Waals surface area (Å²) in [7, 11) is 0. The van der Waals surface area contributed by atoms with Crippen molar-refractivity contribution in [1.29, 1.82) is 0 Å². The molecule has 3 aliphatic heterocycles. The van der Waals surface area contributed by atoms with Crippen molar-refractivity contribution in [2.24, 2.45) is 0 Å². The lowest BCUT2D eigenvalue weighted by Gasteiger charge is -2.48. The van der Waals surface area contributed by atoms with Gasteiger partial charge in [-0.05, 0) is 43.9 Å². The number of fused-ring (bicyclic) bond motifs is 3. The summed E-state index contributed by atoms with van der Waals surface area (Å²) in [4.78, 5) is 34.2. The lowest BCUT2D eigenvalue weighted by atomic mass is 9.81. The zero-order valence-electron chi connectivity index (χ0n) is 16.2. The number of imidazole rings is 1. The van der Waals surface area contributed by atoms with Gasteiger partial charge in [-0.2, -0.15) is 0 Å². The van der Waals surface area contributed by atoms with Crippen LogP contribution in [0.2, 0.25) is 0 Å². The van der Waals surface area contributed by atoms with Crippen molar-refractivity contribution in [2.45, 2.75) is 56.8 Å². The molecule has 0 spiro atoms. The molecule has 0 aliphatic carbocycles. The average Bonchev–Trinajstić information content (AvgIpc) is 3.21. The highest BCUT2D eigenvalue weighted by Gasteiger charge is 2.38. The van der Waals surface area contributed by atoms with Gasteiger partial charge in [-0.25, -0.2) is 4.98 Å². The average molecular weight is 395 g/mol. The van der Waals surface area contributed by atoms with Gasteiger partial charge in [-0.15, -0.1) is 0 Å². The number of hydrogen-bond acceptors (Lipinski definition) is 5. The van der Waals surface area contributed by atoms with Crippen LogP contribution in [0, 0.1) is 0 Å². The highest BCUT2D eigenvalue weighted by atomic mass is 16.5. The number of hydrogen-bond donors (Lipinski definition) is 3. The molecular formula is C21H25N5O3. The fraction of sp³-hybridized carbons (Fsp3) is 0.476. The molecule has 2 aromatic rings. The molecule has 2 fully saturated rings. The summed E-state index contributed by atoms with van der Waals surface area (Å²) in [5.41, 5.74) is 2.31. The van der Waals surface area contributed by atoms with E-state index in [4.69, 9.17) is 4.74 Å². The molecule has 0 saturated carbocycles. The van der Waals surface area contributed by atoms with E-state index in [2.05, 4.69) is 25.5 Å². The Balaban J connectivity index is 1.25. The van der Waals surface area contributed by atoms with E-state index in [1.807, 2.05) is 6.20 Å². The van der Waals surface area contributed by atoms with E-state index in [0.29, 0.717) is 29.1 Å². The van der Waals surface area contributed by atoms with Gasteiger partial charge in [0.25, 0.3) is 11.8 Å². The van der Waals surface area contributed by atoms with Gasteiger partial charge in [-0.1, -0.05) is 6.42 Å². The largest absolute Gasteiger partial charge is 0.482 e. The Kier molecular flexibility index (Phi) is 4.71. The summed E-state index contributed by atoms with van der Waals surface area (Å²) >= 11 is 0. The number of aromatic nitrogens is 2. The smallest absolute Gasteiger partial charge is 0.262 e. The molecule has 29 heavy (non-hydrogen) atoms. The molecule has 1 aromatic heterocycles. The summed E-state index contributed by atoms with van der Waals surface area (Å²) in [5.74, 6) is 0.282.